The molecular formula is C18H19N3O3S. The van der Waals surface area contributed by atoms with Crippen LogP contribution in [0.5, 0.6) is 0 Å². The van der Waals surface area contributed by atoms with Gasteiger partial charge in [0.1, 0.15) is 5.82 Å². The van der Waals surface area contributed by atoms with Gasteiger partial charge in [0, 0.05) is 26.3 Å². The van der Waals surface area contributed by atoms with Crippen LogP contribution in [0.2, 0.25) is 0 Å². The Kier molecular flexibility index (Phi) is 5.06. The van der Waals surface area contributed by atoms with Gasteiger partial charge < -0.3 is 4.74 Å². The molecule has 0 saturated carbocycles. The fourth-order valence-electron chi connectivity index (χ4n) is 2.73. The average Bonchev–Trinajstić information content (AvgIpc) is 2.86. The normalized spacial score (nSPS) is 20.2. The number of benzene rings is 1. The Labute approximate surface area is 150 Å². The van der Waals surface area contributed by atoms with Crippen LogP contribution in [0.15, 0.2) is 54.7 Å². The molecule has 25 heavy (non-hydrogen) atoms. The van der Waals surface area contributed by atoms with Crippen molar-refractivity contribution in [3.8, 4) is 0 Å². The number of anilines is 1. The second kappa shape index (κ2) is 7.25. The summed E-state index contributed by atoms with van der Waals surface area (Å²) in [5, 5.41) is 2.19. The number of aromatic nitrogens is 1. The van der Waals surface area contributed by atoms with Gasteiger partial charge in [-0.15, -0.1) is 0 Å². The van der Waals surface area contributed by atoms with Crippen molar-refractivity contribution in [2.45, 2.75) is 18.3 Å². The summed E-state index contributed by atoms with van der Waals surface area (Å²) in [6.45, 7) is 2.15. The van der Waals surface area contributed by atoms with E-state index in [1.54, 1.807) is 31.4 Å². The second-order valence-corrected chi connectivity index (χ2v) is 6.76. The zero-order chi connectivity index (χ0) is 17.9. The summed E-state index contributed by atoms with van der Waals surface area (Å²) >= 11 is 0.917. The van der Waals surface area contributed by atoms with Gasteiger partial charge in [-0.1, -0.05) is 36.4 Å². The van der Waals surface area contributed by atoms with Gasteiger partial charge in [0.15, 0.2) is 0 Å². The molecule has 0 N–H and O–H groups in total. The molecule has 1 unspecified atom stereocenters. The van der Waals surface area contributed by atoms with E-state index in [1.807, 2.05) is 37.3 Å². The topological polar surface area (TPSA) is 62.7 Å². The summed E-state index contributed by atoms with van der Waals surface area (Å²) in [4.78, 5) is 28.7. The Hall–Kier alpha value is -2.38. The highest BCUT2D eigenvalue weighted by Crippen LogP contribution is 2.42. The number of carbonyl (C=O) groups excluding carboxylic acids is 2. The van der Waals surface area contributed by atoms with Gasteiger partial charge in [-0.3, -0.25) is 14.6 Å². The molecule has 2 amide bonds. The Morgan fingerprint density at radius 2 is 1.88 bits per heavy atom. The molecule has 1 fully saturated rings. The number of imide groups is 1. The smallest absolute Gasteiger partial charge is 0.310 e. The molecule has 1 aromatic heterocycles. The third-order valence-corrected chi connectivity index (χ3v) is 5.00. The van der Waals surface area contributed by atoms with Crippen molar-refractivity contribution >= 4 is 28.7 Å². The van der Waals surface area contributed by atoms with Crippen molar-refractivity contribution in [3.63, 3.8) is 0 Å². The molecule has 1 aliphatic heterocycles. The van der Waals surface area contributed by atoms with Crippen molar-refractivity contribution in [1.82, 2.24) is 9.99 Å². The molecule has 1 aromatic carbocycles. The van der Waals surface area contributed by atoms with E-state index in [2.05, 4.69) is 4.98 Å². The maximum Gasteiger partial charge on any atom is 0.310 e. The molecule has 0 spiro atoms. The highest BCUT2D eigenvalue weighted by molar-refractivity contribution is 8.15. The van der Waals surface area contributed by atoms with Crippen LogP contribution in [0.1, 0.15) is 12.5 Å². The standard InChI is InChI=1S/C18H19N3O3S/c1-3-24-18(13-14-9-5-4-6-10-14)16(22)21(17(23)25-18)20(2)15-11-7-8-12-19-15/h4-12H,3,13H2,1-2H3. The van der Waals surface area contributed by atoms with Crippen LogP contribution in [0.4, 0.5) is 10.6 Å². The first-order valence-electron chi connectivity index (χ1n) is 7.97. The molecule has 1 aliphatic rings. The van der Waals surface area contributed by atoms with Gasteiger partial charge in [0.25, 0.3) is 5.91 Å². The van der Waals surface area contributed by atoms with E-state index in [0.29, 0.717) is 18.8 Å². The number of hydrazine groups is 1. The lowest BCUT2D eigenvalue weighted by Crippen LogP contribution is -2.50. The van der Waals surface area contributed by atoms with Crippen LogP contribution in [-0.2, 0) is 16.0 Å². The molecule has 130 valence electrons. The lowest BCUT2D eigenvalue weighted by atomic mass is 10.1. The molecule has 2 aromatic rings. The third kappa shape index (κ3) is 3.38. The minimum Gasteiger partial charge on any atom is -0.354 e. The van der Waals surface area contributed by atoms with Gasteiger partial charge in [0.05, 0.1) is 0 Å². The van der Waals surface area contributed by atoms with E-state index in [4.69, 9.17) is 4.74 Å². The number of hydrogen-bond acceptors (Lipinski definition) is 6. The van der Waals surface area contributed by atoms with Crippen molar-refractivity contribution in [3.05, 3.63) is 60.3 Å². The Morgan fingerprint density at radius 3 is 2.52 bits per heavy atom. The number of hydrogen-bond donors (Lipinski definition) is 0. The molecule has 1 saturated heterocycles. The molecule has 7 heteroatoms. The third-order valence-electron chi connectivity index (χ3n) is 3.88. The lowest BCUT2D eigenvalue weighted by Gasteiger charge is -2.29. The first kappa shape index (κ1) is 17.4. The van der Waals surface area contributed by atoms with E-state index in [0.717, 1.165) is 22.3 Å². The number of carbonyl (C=O) groups is 2. The van der Waals surface area contributed by atoms with Crippen molar-refractivity contribution < 1.29 is 14.3 Å². The molecule has 0 radical (unpaired) electrons. The summed E-state index contributed by atoms with van der Waals surface area (Å²) in [7, 11) is 1.64. The van der Waals surface area contributed by atoms with E-state index < -0.39 is 4.93 Å². The number of ether oxygens (including phenoxy) is 1. The maximum atomic E-state index is 13.1. The first-order valence-corrected chi connectivity index (χ1v) is 8.79. The van der Waals surface area contributed by atoms with Crippen LogP contribution in [0.3, 0.4) is 0 Å². The van der Waals surface area contributed by atoms with Crippen LogP contribution in [0, 0.1) is 0 Å². The van der Waals surface area contributed by atoms with Crippen molar-refractivity contribution in [2.24, 2.45) is 0 Å². The highest BCUT2D eigenvalue weighted by Gasteiger charge is 2.55. The van der Waals surface area contributed by atoms with Crippen LogP contribution >= 0.6 is 11.8 Å². The number of nitrogens with zero attached hydrogens (tertiary/aromatic N) is 3. The summed E-state index contributed by atoms with van der Waals surface area (Å²) in [5.41, 5.74) is 0.937. The minimum absolute atomic E-state index is 0.323. The fraction of sp³-hybridized carbons (Fsp3) is 0.278. The van der Waals surface area contributed by atoms with E-state index >= 15 is 0 Å². The molecule has 3 rings (SSSR count). The monoisotopic (exact) mass is 357 g/mol. The molecule has 0 aliphatic carbocycles. The van der Waals surface area contributed by atoms with Crippen LogP contribution in [-0.4, -0.2) is 39.7 Å². The summed E-state index contributed by atoms with van der Waals surface area (Å²) < 4.78 is 5.80. The number of pyridine rings is 1. The van der Waals surface area contributed by atoms with Crippen molar-refractivity contribution in [1.29, 1.82) is 0 Å². The van der Waals surface area contributed by atoms with Crippen LogP contribution < -0.4 is 5.01 Å². The Balaban J connectivity index is 1.91. The van der Waals surface area contributed by atoms with Gasteiger partial charge in [-0.2, -0.15) is 5.01 Å². The van der Waals surface area contributed by atoms with Crippen molar-refractivity contribution in [2.75, 3.05) is 18.7 Å². The van der Waals surface area contributed by atoms with E-state index in [-0.39, 0.29) is 11.1 Å². The summed E-state index contributed by atoms with van der Waals surface area (Å²) in [6.07, 6.45) is 1.94. The summed E-state index contributed by atoms with van der Waals surface area (Å²) in [5.74, 6) is 0.123. The summed E-state index contributed by atoms with van der Waals surface area (Å²) in [6, 6.07) is 14.9. The number of amides is 2. The molecule has 0 bridgehead atoms. The van der Waals surface area contributed by atoms with Crippen LogP contribution in [0.25, 0.3) is 0 Å². The highest BCUT2D eigenvalue weighted by atomic mass is 32.2. The SMILES string of the molecule is CCOC1(Cc2ccccc2)SC(=O)N(N(C)c2ccccn2)C1=O. The molecular weight excluding hydrogens is 338 g/mol. The maximum absolute atomic E-state index is 13.1. The molecule has 2 heterocycles. The Bertz CT molecular complexity index is 757. The second-order valence-electron chi connectivity index (χ2n) is 5.54. The predicted molar refractivity (Wildman–Crippen MR) is 97.0 cm³/mol. The fourth-order valence-corrected chi connectivity index (χ4v) is 3.89. The average molecular weight is 357 g/mol. The molecule has 1 atom stereocenters. The first-order chi connectivity index (χ1) is 12.1. The van der Waals surface area contributed by atoms with E-state index in [9.17, 15) is 9.59 Å². The zero-order valence-corrected chi connectivity index (χ0v) is 14.9. The quantitative estimate of drug-likeness (QED) is 0.792. The largest absolute Gasteiger partial charge is 0.354 e. The molecule has 6 nitrogen and oxygen atoms in total. The Morgan fingerprint density at radius 1 is 1.16 bits per heavy atom. The predicted octanol–water partition coefficient (Wildman–Crippen LogP) is 3.10. The lowest BCUT2D eigenvalue weighted by molar-refractivity contribution is -0.142. The number of thioether (sulfide) groups is 1. The minimum atomic E-state index is -1.25. The van der Waals surface area contributed by atoms with Gasteiger partial charge in [-0.05, 0) is 36.4 Å². The zero-order valence-electron chi connectivity index (χ0n) is 14.1. The van der Waals surface area contributed by atoms with Gasteiger partial charge >= 0.3 is 5.24 Å². The van der Waals surface area contributed by atoms with Gasteiger partial charge in [0.2, 0.25) is 4.93 Å². The van der Waals surface area contributed by atoms with E-state index in [1.165, 1.54) is 5.01 Å². The van der Waals surface area contributed by atoms with Gasteiger partial charge in [-0.25, -0.2) is 4.98 Å². The number of rotatable bonds is 6.